The summed E-state index contributed by atoms with van der Waals surface area (Å²) in [4.78, 5) is 17.1. The fourth-order valence-electron chi connectivity index (χ4n) is 2.61. The van der Waals surface area contributed by atoms with Gasteiger partial charge in [-0.1, -0.05) is 41.5 Å². The summed E-state index contributed by atoms with van der Waals surface area (Å²) < 4.78 is 0. The first kappa shape index (κ1) is 28.3. The minimum Gasteiger partial charge on any atom is -0.299 e. The SMILES string of the molecule is CC(C)CNOC(C)CCC(C)NNCC(C)CCC(C)CNNC(=O)C(C)C. The van der Waals surface area contributed by atoms with Gasteiger partial charge in [-0.05, 0) is 57.3 Å². The van der Waals surface area contributed by atoms with Crippen molar-refractivity contribution in [2.24, 2.45) is 23.7 Å². The van der Waals surface area contributed by atoms with Crippen molar-refractivity contribution in [2.45, 2.75) is 93.2 Å². The first-order valence-electron chi connectivity index (χ1n) is 11.5. The van der Waals surface area contributed by atoms with Gasteiger partial charge < -0.3 is 0 Å². The molecule has 0 fully saturated rings. The van der Waals surface area contributed by atoms with Crippen LogP contribution in [0.4, 0.5) is 0 Å². The van der Waals surface area contributed by atoms with Crippen molar-refractivity contribution in [3.8, 4) is 0 Å². The molecule has 0 aromatic rings. The highest BCUT2D eigenvalue weighted by Gasteiger charge is 2.10. The van der Waals surface area contributed by atoms with Gasteiger partial charge in [-0.25, -0.2) is 10.9 Å². The van der Waals surface area contributed by atoms with Crippen LogP contribution >= 0.6 is 0 Å². The van der Waals surface area contributed by atoms with E-state index in [1.54, 1.807) is 0 Å². The number of hydrogen-bond donors (Lipinski definition) is 5. The Morgan fingerprint density at radius 2 is 1.34 bits per heavy atom. The molecule has 0 rings (SSSR count). The first-order chi connectivity index (χ1) is 13.6. The minimum absolute atomic E-state index is 0.0103. The second-order valence-electron chi connectivity index (χ2n) is 9.49. The monoisotopic (exact) mass is 415 g/mol. The van der Waals surface area contributed by atoms with Gasteiger partial charge in [0.2, 0.25) is 5.91 Å². The van der Waals surface area contributed by atoms with Gasteiger partial charge in [0, 0.05) is 31.6 Å². The molecule has 0 saturated carbocycles. The number of rotatable bonds is 18. The molecule has 0 bridgehead atoms. The molecular formula is C22H49N5O2. The number of nitrogens with one attached hydrogen (secondary N) is 5. The van der Waals surface area contributed by atoms with Gasteiger partial charge in [0.05, 0.1) is 6.10 Å². The number of hydrazine groups is 2. The van der Waals surface area contributed by atoms with E-state index < -0.39 is 0 Å². The summed E-state index contributed by atoms with van der Waals surface area (Å²) >= 11 is 0. The zero-order valence-electron chi connectivity index (χ0n) is 20.2. The Labute approximate surface area is 179 Å². The molecule has 0 aliphatic carbocycles. The Bertz CT molecular complexity index is 407. The quantitative estimate of drug-likeness (QED) is 0.221. The van der Waals surface area contributed by atoms with Crippen LogP contribution < -0.4 is 27.2 Å². The van der Waals surface area contributed by atoms with Crippen LogP contribution in [0.15, 0.2) is 0 Å². The van der Waals surface area contributed by atoms with Gasteiger partial charge in [0.25, 0.3) is 0 Å². The van der Waals surface area contributed by atoms with E-state index in [4.69, 9.17) is 4.84 Å². The first-order valence-corrected chi connectivity index (χ1v) is 11.5. The topological polar surface area (TPSA) is 86.4 Å². The Kier molecular flexibility index (Phi) is 16.6. The molecule has 7 heteroatoms. The second-order valence-corrected chi connectivity index (χ2v) is 9.49. The van der Waals surface area contributed by atoms with E-state index in [0.717, 1.165) is 45.3 Å². The van der Waals surface area contributed by atoms with E-state index in [0.29, 0.717) is 23.8 Å². The van der Waals surface area contributed by atoms with Crippen molar-refractivity contribution < 1.29 is 9.63 Å². The lowest BCUT2D eigenvalue weighted by atomic mass is 9.98. The third-order valence-electron chi connectivity index (χ3n) is 4.92. The zero-order valence-corrected chi connectivity index (χ0v) is 20.2. The summed E-state index contributed by atoms with van der Waals surface area (Å²) in [6, 6.07) is 0.408. The third kappa shape index (κ3) is 17.8. The van der Waals surface area contributed by atoms with Crippen molar-refractivity contribution in [1.29, 1.82) is 0 Å². The van der Waals surface area contributed by atoms with Crippen LogP contribution in [-0.4, -0.2) is 37.7 Å². The highest BCUT2D eigenvalue weighted by atomic mass is 16.7. The van der Waals surface area contributed by atoms with Crippen molar-refractivity contribution in [2.75, 3.05) is 19.6 Å². The second kappa shape index (κ2) is 17.0. The van der Waals surface area contributed by atoms with Crippen molar-refractivity contribution in [3.63, 3.8) is 0 Å². The van der Waals surface area contributed by atoms with Gasteiger partial charge in [0.15, 0.2) is 0 Å². The molecule has 7 nitrogen and oxygen atoms in total. The highest BCUT2D eigenvalue weighted by Crippen LogP contribution is 2.11. The normalized spacial score (nSPS) is 16.1. The summed E-state index contributed by atoms with van der Waals surface area (Å²) in [5, 5.41) is 0. The van der Waals surface area contributed by atoms with E-state index in [2.05, 4.69) is 68.7 Å². The maximum Gasteiger partial charge on any atom is 0.236 e. The molecule has 0 heterocycles. The molecule has 0 radical (unpaired) electrons. The van der Waals surface area contributed by atoms with Crippen LogP contribution in [0.1, 0.15) is 81.1 Å². The highest BCUT2D eigenvalue weighted by molar-refractivity contribution is 5.77. The van der Waals surface area contributed by atoms with Crippen LogP contribution in [0.5, 0.6) is 0 Å². The lowest BCUT2D eigenvalue weighted by Crippen LogP contribution is -2.42. The van der Waals surface area contributed by atoms with E-state index in [-0.39, 0.29) is 17.9 Å². The summed E-state index contributed by atoms with van der Waals surface area (Å²) in [5.41, 5.74) is 15.6. The van der Waals surface area contributed by atoms with Gasteiger partial charge >= 0.3 is 0 Å². The molecule has 4 atom stereocenters. The zero-order chi connectivity index (χ0) is 22.2. The number of amides is 1. The van der Waals surface area contributed by atoms with E-state index >= 15 is 0 Å². The average molecular weight is 416 g/mol. The van der Waals surface area contributed by atoms with Crippen LogP contribution in [0.25, 0.3) is 0 Å². The maximum absolute atomic E-state index is 11.5. The van der Waals surface area contributed by atoms with E-state index in [1.807, 2.05) is 13.8 Å². The lowest BCUT2D eigenvalue weighted by Gasteiger charge is -2.21. The summed E-state index contributed by atoms with van der Waals surface area (Å²) in [7, 11) is 0. The lowest BCUT2D eigenvalue weighted by molar-refractivity contribution is -0.125. The molecule has 4 unspecified atom stereocenters. The van der Waals surface area contributed by atoms with Gasteiger partial charge in [-0.3, -0.25) is 25.9 Å². The van der Waals surface area contributed by atoms with Crippen LogP contribution in [0, 0.1) is 23.7 Å². The Morgan fingerprint density at radius 1 is 0.759 bits per heavy atom. The molecule has 174 valence electrons. The van der Waals surface area contributed by atoms with Gasteiger partial charge in [-0.2, -0.15) is 0 Å². The van der Waals surface area contributed by atoms with Crippen molar-refractivity contribution >= 4 is 5.91 Å². The number of carbonyl (C=O) groups is 1. The molecular weight excluding hydrogens is 366 g/mol. The molecule has 0 aliphatic rings. The molecule has 29 heavy (non-hydrogen) atoms. The third-order valence-corrected chi connectivity index (χ3v) is 4.92. The number of carbonyl (C=O) groups excluding carboxylic acids is 1. The molecule has 0 saturated heterocycles. The smallest absolute Gasteiger partial charge is 0.236 e. The standard InChI is InChI=1S/C22H49N5O2/c1-16(2)13-25-29-21(8)12-11-20(7)26-23-14-18(5)9-10-19(6)15-24-27-22(28)17(3)4/h16-21,23-26H,9-15H2,1-8H3,(H,27,28). The Morgan fingerprint density at radius 3 is 1.90 bits per heavy atom. The van der Waals surface area contributed by atoms with Crippen LogP contribution in [0.2, 0.25) is 0 Å². The van der Waals surface area contributed by atoms with E-state index in [9.17, 15) is 4.79 Å². The molecule has 5 N–H and O–H groups in total. The van der Waals surface area contributed by atoms with Gasteiger partial charge in [-0.15, -0.1) is 0 Å². The Balaban J connectivity index is 3.68. The van der Waals surface area contributed by atoms with Crippen LogP contribution in [-0.2, 0) is 9.63 Å². The maximum atomic E-state index is 11.5. The van der Waals surface area contributed by atoms with Crippen molar-refractivity contribution in [3.05, 3.63) is 0 Å². The molecule has 1 amide bonds. The minimum atomic E-state index is 0.0103. The van der Waals surface area contributed by atoms with Crippen LogP contribution in [0.3, 0.4) is 0 Å². The Hall–Kier alpha value is -0.730. The molecule has 0 aromatic carbocycles. The average Bonchev–Trinajstić information content (AvgIpc) is 2.64. The molecule has 0 aliphatic heterocycles. The number of hydroxylamine groups is 1. The predicted molar refractivity (Wildman–Crippen MR) is 122 cm³/mol. The van der Waals surface area contributed by atoms with Gasteiger partial charge in [0.1, 0.15) is 0 Å². The van der Waals surface area contributed by atoms with Crippen molar-refractivity contribution in [1.82, 2.24) is 27.2 Å². The number of hydrogen-bond acceptors (Lipinski definition) is 6. The largest absolute Gasteiger partial charge is 0.299 e. The summed E-state index contributed by atoms with van der Waals surface area (Å²) in [6.45, 7) is 19.6. The fourth-order valence-corrected chi connectivity index (χ4v) is 2.61. The summed E-state index contributed by atoms with van der Waals surface area (Å²) in [5.74, 6) is 1.78. The summed E-state index contributed by atoms with van der Waals surface area (Å²) in [6.07, 6.45) is 4.61. The van der Waals surface area contributed by atoms with E-state index in [1.165, 1.54) is 0 Å². The molecule has 0 aromatic heterocycles. The fraction of sp³-hybridized carbons (Fsp3) is 0.955. The predicted octanol–water partition coefficient (Wildman–Crippen LogP) is 3.14. The molecule has 0 spiro atoms.